The van der Waals surface area contributed by atoms with Gasteiger partial charge in [0.25, 0.3) is 0 Å². The van der Waals surface area contributed by atoms with E-state index < -0.39 is 0 Å². The van der Waals surface area contributed by atoms with Gasteiger partial charge in [0.15, 0.2) is 0 Å². The number of nitrogens with zero attached hydrogens (tertiary/aromatic N) is 1. The zero-order valence-electron chi connectivity index (χ0n) is 7.82. The molecule has 0 fully saturated rings. The maximum Gasteiger partial charge on any atom is 0.0647 e. The molecule has 2 aromatic rings. The van der Waals surface area contributed by atoms with Crippen LogP contribution in [0.15, 0.2) is 48.5 Å². The lowest BCUT2D eigenvalue weighted by Crippen LogP contribution is -1.89. The lowest BCUT2D eigenvalue weighted by Gasteiger charge is -2.03. The molecular weight excluding hydrogens is 412 g/mol. The summed E-state index contributed by atoms with van der Waals surface area (Å²) in [4.78, 5) is 0. The summed E-state index contributed by atoms with van der Waals surface area (Å²) < 4.78 is 2.42. The van der Waals surface area contributed by atoms with Crippen molar-refractivity contribution in [3.05, 3.63) is 55.7 Å². The van der Waals surface area contributed by atoms with Crippen LogP contribution in [0.5, 0.6) is 0 Å². The molecule has 15 heavy (non-hydrogen) atoms. The van der Waals surface area contributed by atoms with Crippen molar-refractivity contribution in [2.45, 2.75) is 0 Å². The highest BCUT2D eigenvalue weighted by Gasteiger charge is 1.97. The van der Waals surface area contributed by atoms with Crippen LogP contribution in [-0.4, -0.2) is 0 Å². The summed E-state index contributed by atoms with van der Waals surface area (Å²) in [5, 5.41) is 4.55. The van der Waals surface area contributed by atoms with Crippen molar-refractivity contribution in [2.75, 3.05) is 0 Å². The molecule has 75 valence electrons. The fraction of sp³-hybridized carbons (Fsp3) is 0. The third-order valence-corrected chi connectivity index (χ3v) is 3.22. The monoisotopic (exact) mass is 420 g/mol. The van der Waals surface area contributed by atoms with Gasteiger partial charge in [0.05, 0.1) is 11.4 Å². The van der Waals surface area contributed by atoms with Crippen LogP contribution in [-0.2, 0) is 0 Å². The van der Waals surface area contributed by atoms with Crippen LogP contribution in [0, 0.1) is 7.14 Å². The Kier molecular flexibility index (Phi) is 3.85. The third kappa shape index (κ3) is 3.34. The summed E-state index contributed by atoms with van der Waals surface area (Å²) in [6, 6.07) is 16.3. The van der Waals surface area contributed by atoms with Crippen molar-refractivity contribution >= 4 is 56.6 Å². The Morgan fingerprint density at radius 2 is 1.20 bits per heavy atom. The minimum absolute atomic E-state index is 1.00. The average molecular weight is 420 g/mol. The Labute approximate surface area is 117 Å². The van der Waals surface area contributed by atoms with Crippen LogP contribution in [0.25, 0.3) is 0 Å². The van der Waals surface area contributed by atoms with Crippen molar-refractivity contribution in [3.8, 4) is 0 Å². The van der Waals surface area contributed by atoms with E-state index in [9.17, 15) is 0 Å². The largest absolute Gasteiger partial charge is 0.249 e. The molecule has 0 aliphatic heterocycles. The minimum Gasteiger partial charge on any atom is -0.249 e. The second kappa shape index (κ2) is 5.16. The van der Waals surface area contributed by atoms with Crippen LogP contribution in [0.4, 0.5) is 11.4 Å². The first-order valence-corrected chi connectivity index (χ1v) is 6.63. The fourth-order valence-electron chi connectivity index (χ4n) is 1.24. The van der Waals surface area contributed by atoms with Crippen LogP contribution < -0.4 is 5.32 Å². The molecule has 0 saturated heterocycles. The summed E-state index contributed by atoms with van der Waals surface area (Å²) in [6.45, 7) is 0. The van der Waals surface area contributed by atoms with E-state index in [1.807, 2.05) is 24.3 Å². The first-order valence-electron chi connectivity index (χ1n) is 4.47. The van der Waals surface area contributed by atoms with Gasteiger partial charge in [0.1, 0.15) is 0 Å². The van der Waals surface area contributed by atoms with Gasteiger partial charge in [0.2, 0.25) is 0 Å². The van der Waals surface area contributed by atoms with Crippen LogP contribution >= 0.6 is 45.2 Å². The molecule has 0 unspecified atom stereocenters. The number of rotatable bonds is 2. The fourth-order valence-corrected chi connectivity index (χ4v) is 2.29. The van der Waals surface area contributed by atoms with Gasteiger partial charge in [-0.1, -0.05) is 12.1 Å². The van der Waals surface area contributed by atoms with Crippen molar-refractivity contribution in [1.82, 2.24) is 5.32 Å². The quantitative estimate of drug-likeness (QED) is 0.638. The van der Waals surface area contributed by atoms with Crippen molar-refractivity contribution in [3.63, 3.8) is 0 Å². The highest BCUT2D eigenvalue weighted by Crippen LogP contribution is 2.20. The molecule has 0 amide bonds. The summed E-state index contributed by atoms with van der Waals surface area (Å²) in [5.41, 5.74) is 2.01. The SMILES string of the molecule is Ic1cccc([N]c2cccc(I)c2)c1. The minimum atomic E-state index is 1.00. The van der Waals surface area contributed by atoms with Crippen molar-refractivity contribution < 1.29 is 0 Å². The molecule has 0 N–H and O–H groups in total. The van der Waals surface area contributed by atoms with E-state index in [0.717, 1.165) is 11.4 Å². The second-order valence-electron chi connectivity index (χ2n) is 3.07. The maximum atomic E-state index is 4.55. The number of benzene rings is 2. The Morgan fingerprint density at radius 1 is 0.733 bits per heavy atom. The molecule has 0 spiro atoms. The van der Waals surface area contributed by atoms with Gasteiger partial charge in [-0.05, 0) is 81.6 Å². The predicted octanol–water partition coefficient (Wildman–Crippen LogP) is 4.46. The van der Waals surface area contributed by atoms with Gasteiger partial charge in [0, 0.05) is 7.14 Å². The second-order valence-corrected chi connectivity index (χ2v) is 5.56. The predicted molar refractivity (Wildman–Crippen MR) is 79.8 cm³/mol. The van der Waals surface area contributed by atoms with Crippen LogP contribution in [0.1, 0.15) is 0 Å². The molecule has 0 heterocycles. The van der Waals surface area contributed by atoms with Crippen molar-refractivity contribution in [1.29, 1.82) is 0 Å². The van der Waals surface area contributed by atoms with Gasteiger partial charge in [-0.25, -0.2) is 5.32 Å². The number of hydrogen-bond acceptors (Lipinski definition) is 0. The average Bonchev–Trinajstić information content (AvgIpc) is 2.17. The summed E-state index contributed by atoms with van der Waals surface area (Å²) in [7, 11) is 0. The number of halogens is 2. The molecule has 0 aromatic heterocycles. The van der Waals surface area contributed by atoms with Crippen LogP contribution in [0.2, 0.25) is 0 Å². The molecular formula is C12H8I2N. The molecule has 0 aliphatic rings. The maximum absolute atomic E-state index is 4.55. The Balaban J connectivity index is 2.22. The zero-order valence-corrected chi connectivity index (χ0v) is 12.1. The van der Waals surface area contributed by atoms with Gasteiger partial charge in [-0.2, -0.15) is 0 Å². The summed E-state index contributed by atoms with van der Waals surface area (Å²) in [6.07, 6.45) is 0. The Hall–Kier alpha value is -0.300. The lowest BCUT2D eigenvalue weighted by atomic mass is 10.3. The standard InChI is InChI=1S/C12H8I2N/c13-9-3-1-5-11(7-9)15-12-6-2-4-10(14)8-12/h1-8H. The van der Waals surface area contributed by atoms with E-state index in [1.165, 1.54) is 7.14 Å². The Morgan fingerprint density at radius 3 is 1.60 bits per heavy atom. The lowest BCUT2D eigenvalue weighted by molar-refractivity contribution is 1.18. The molecule has 0 bridgehead atoms. The molecule has 2 rings (SSSR count). The molecule has 0 saturated carbocycles. The first kappa shape index (κ1) is 11.2. The van der Waals surface area contributed by atoms with Gasteiger partial charge >= 0.3 is 0 Å². The van der Waals surface area contributed by atoms with E-state index in [4.69, 9.17) is 0 Å². The summed E-state index contributed by atoms with van der Waals surface area (Å²) in [5.74, 6) is 0. The van der Waals surface area contributed by atoms with Gasteiger partial charge < -0.3 is 0 Å². The van der Waals surface area contributed by atoms with Gasteiger partial charge in [-0.15, -0.1) is 0 Å². The van der Waals surface area contributed by atoms with Crippen molar-refractivity contribution in [2.24, 2.45) is 0 Å². The molecule has 0 aliphatic carbocycles. The smallest absolute Gasteiger partial charge is 0.0647 e. The normalized spacial score (nSPS) is 10.0. The van der Waals surface area contributed by atoms with E-state index in [1.54, 1.807) is 0 Å². The summed E-state index contributed by atoms with van der Waals surface area (Å²) >= 11 is 4.59. The van der Waals surface area contributed by atoms with E-state index in [-0.39, 0.29) is 0 Å². The Bertz CT molecular complexity index is 425. The van der Waals surface area contributed by atoms with Crippen LogP contribution in [0.3, 0.4) is 0 Å². The molecule has 0 atom stereocenters. The van der Waals surface area contributed by atoms with E-state index in [2.05, 4.69) is 74.8 Å². The first-order chi connectivity index (χ1) is 7.24. The molecule has 2 aromatic carbocycles. The molecule has 1 radical (unpaired) electrons. The third-order valence-electron chi connectivity index (χ3n) is 1.87. The topological polar surface area (TPSA) is 14.1 Å². The molecule has 3 heteroatoms. The van der Waals surface area contributed by atoms with Gasteiger partial charge in [-0.3, -0.25) is 0 Å². The highest BCUT2D eigenvalue weighted by molar-refractivity contribution is 14.1. The van der Waals surface area contributed by atoms with E-state index >= 15 is 0 Å². The zero-order chi connectivity index (χ0) is 10.7. The number of hydrogen-bond donors (Lipinski definition) is 0. The highest BCUT2D eigenvalue weighted by atomic mass is 127. The molecule has 1 nitrogen and oxygen atoms in total. The van der Waals surface area contributed by atoms with E-state index in [0.29, 0.717) is 0 Å².